The van der Waals surface area contributed by atoms with Crippen molar-refractivity contribution in [1.82, 2.24) is 0 Å². The van der Waals surface area contributed by atoms with Crippen molar-refractivity contribution >= 4 is 11.9 Å². The first-order chi connectivity index (χ1) is 11.0. The molecule has 0 aromatic carbocycles. The molecular weight excluding hydrogens is 302 g/mol. The van der Waals surface area contributed by atoms with Crippen molar-refractivity contribution in [3.8, 4) is 0 Å². The number of nitro groups is 1. The van der Waals surface area contributed by atoms with Gasteiger partial charge in [0, 0.05) is 24.2 Å². The van der Waals surface area contributed by atoms with Crippen molar-refractivity contribution in [1.29, 1.82) is 0 Å². The van der Waals surface area contributed by atoms with Crippen LogP contribution in [-0.2, 0) is 19.1 Å². The van der Waals surface area contributed by atoms with Crippen molar-refractivity contribution in [3.63, 3.8) is 0 Å². The monoisotopic (exact) mass is 331 g/mol. The van der Waals surface area contributed by atoms with Crippen LogP contribution in [0, 0.1) is 10.1 Å². The third-order valence-corrected chi connectivity index (χ3v) is 3.85. The van der Waals surface area contributed by atoms with Gasteiger partial charge in [-0.2, -0.15) is 0 Å². The Hall–Kier alpha value is -1.66. The summed E-state index contributed by atoms with van der Waals surface area (Å²) in [6.45, 7) is 0. The third-order valence-electron chi connectivity index (χ3n) is 3.85. The molecule has 23 heavy (non-hydrogen) atoms. The SMILES string of the molecule is COC(=O)CCCCCCCCCC(CCC(=O)OC)[N+](=O)[O-]. The van der Waals surface area contributed by atoms with E-state index in [1.54, 1.807) is 0 Å². The Balaban J connectivity index is 3.57. The minimum atomic E-state index is -0.658. The van der Waals surface area contributed by atoms with Gasteiger partial charge in [-0.25, -0.2) is 0 Å². The fourth-order valence-electron chi connectivity index (χ4n) is 2.38. The van der Waals surface area contributed by atoms with Gasteiger partial charge in [0.05, 0.1) is 20.6 Å². The first kappa shape index (κ1) is 21.3. The maximum atomic E-state index is 11.0. The van der Waals surface area contributed by atoms with Crippen molar-refractivity contribution in [3.05, 3.63) is 10.1 Å². The highest BCUT2D eigenvalue weighted by Crippen LogP contribution is 2.14. The fraction of sp³-hybridized carbons (Fsp3) is 0.875. The number of ether oxygens (including phenoxy) is 2. The summed E-state index contributed by atoms with van der Waals surface area (Å²) >= 11 is 0. The second-order valence-electron chi connectivity index (χ2n) is 5.64. The smallest absolute Gasteiger partial charge is 0.305 e. The summed E-state index contributed by atoms with van der Waals surface area (Å²) in [5, 5.41) is 10.9. The Labute approximate surface area is 137 Å². The van der Waals surface area contributed by atoms with Gasteiger partial charge in [-0.05, 0) is 12.8 Å². The molecule has 0 N–H and O–H groups in total. The summed E-state index contributed by atoms with van der Waals surface area (Å²) in [5.74, 6) is -0.563. The number of methoxy groups -OCH3 is 2. The number of unbranched alkanes of at least 4 members (excludes halogenated alkanes) is 6. The van der Waals surface area contributed by atoms with E-state index >= 15 is 0 Å². The molecule has 134 valence electrons. The van der Waals surface area contributed by atoms with E-state index in [4.69, 9.17) is 0 Å². The molecular formula is C16H29NO6. The molecule has 0 fully saturated rings. The molecule has 0 saturated heterocycles. The maximum Gasteiger partial charge on any atom is 0.305 e. The van der Waals surface area contributed by atoms with Crippen LogP contribution < -0.4 is 0 Å². The molecule has 0 aliphatic rings. The predicted octanol–water partition coefficient (Wildman–Crippen LogP) is 3.27. The van der Waals surface area contributed by atoms with Gasteiger partial charge in [0.25, 0.3) is 0 Å². The van der Waals surface area contributed by atoms with Crippen molar-refractivity contribution < 1.29 is 24.0 Å². The van der Waals surface area contributed by atoms with Crippen LogP contribution in [0.3, 0.4) is 0 Å². The zero-order valence-electron chi connectivity index (χ0n) is 14.3. The van der Waals surface area contributed by atoms with Crippen molar-refractivity contribution in [2.24, 2.45) is 0 Å². The predicted molar refractivity (Wildman–Crippen MR) is 85.6 cm³/mol. The van der Waals surface area contributed by atoms with E-state index in [9.17, 15) is 19.7 Å². The topological polar surface area (TPSA) is 95.7 Å². The van der Waals surface area contributed by atoms with Crippen LogP contribution in [0.2, 0.25) is 0 Å². The molecule has 0 aliphatic heterocycles. The Morgan fingerprint density at radius 3 is 1.83 bits per heavy atom. The summed E-state index contributed by atoms with van der Waals surface area (Å²) in [6.07, 6.45) is 8.12. The molecule has 7 heteroatoms. The van der Waals surface area contributed by atoms with E-state index in [1.807, 2.05) is 0 Å². The van der Waals surface area contributed by atoms with Gasteiger partial charge in [0.1, 0.15) is 0 Å². The minimum absolute atomic E-state index is 0.0995. The molecule has 0 rings (SSSR count). The van der Waals surface area contributed by atoms with Crippen LogP contribution in [0.5, 0.6) is 0 Å². The second-order valence-corrected chi connectivity index (χ2v) is 5.64. The van der Waals surface area contributed by atoms with Crippen LogP contribution in [0.25, 0.3) is 0 Å². The van der Waals surface area contributed by atoms with Gasteiger partial charge in [-0.3, -0.25) is 19.7 Å². The third kappa shape index (κ3) is 12.6. The van der Waals surface area contributed by atoms with E-state index in [1.165, 1.54) is 14.2 Å². The molecule has 0 aliphatic carbocycles. The van der Waals surface area contributed by atoms with E-state index in [0.29, 0.717) is 12.8 Å². The average Bonchev–Trinajstić information content (AvgIpc) is 2.54. The minimum Gasteiger partial charge on any atom is -0.469 e. The summed E-state index contributed by atoms with van der Waals surface area (Å²) in [4.78, 5) is 32.6. The van der Waals surface area contributed by atoms with E-state index in [2.05, 4.69) is 9.47 Å². The summed E-state index contributed by atoms with van der Waals surface area (Å²) in [6, 6.07) is -0.658. The summed E-state index contributed by atoms with van der Waals surface area (Å²) < 4.78 is 9.07. The highest BCUT2D eigenvalue weighted by molar-refractivity contribution is 5.69. The number of esters is 2. The molecule has 0 radical (unpaired) electrons. The van der Waals surface area contributed by atoms with Crippen molar-refractivity contribution in [2.45, 2.75) is 76.7 Å². The van der Waals surface area contributed by atoms with Crippen LogP contribution in [0.1, 0.15) is 70.6 Å². The summed E-state index contributed by atoms with van der Waals surface area (Å²) in [7, 11) is 2.68. The molecule has 0 heterocycles. The number of hydrogen-bond acceptors (Lipinski definition) is 6. The quantitative estimate of drug-likeness (QED) is 0.210. The second kappa shape index (κ2) is 14.0. The van der Waals surface area contributed by atoms with Gasteiger partial charge in [0.2, 0.25) is 6.04 Å². The molecule has 0 amide bonds. The largest absolute Gasteiger partial charge is 0.469 e. The van der Waals surface area contributed by atoms with Gasteiger partial charge in [0.15, 0.2) is 0 Å². The molecule has 0 aromatic rings. The summed E-state index contributed by atoms with van der Waals surface area (Å²) in [5.41, 5.74) is 0. The lowest BCUT2D eigenvalue weighted by Crippen LogP contribution is -2.21. The van der Waals surface area contributed by atoms with Gasteiger partial charge in [-0.15, -0.1) is 0 Å². The highest BCUT2D eigenvalue weighted by atomic mass is 16.6. The van der Waals surface area contributed by atoms with E-state index < -0.39 is 12.0 Å². The molecule has 7 nitrogen and oxygen atoms in total. The lowest BCUT2D eigenvalue weighted by Gasteiger charge is -2.08. The van der Waals surface area contributed by atoms with Gasteiger partial charge < -0.3 is 9.47 Å². The molecule has 0 saturated carbocycles. The average molecular weight is 331 g/mol. The first-order valence-corrected chi connectivity index (χ1v) is 8.28. The zero-order chi connectivity index (χ0) is 17.5. The lowest BCUT2D eigenvalue weighted by atomic mass is 10.0. The van der Waals surface area contributed by atoms with Gasteiger partial charge in [-0.1, -0.05) is 32.1 Å². The zero-order valence-corrected chi connectivity index (χ0v) is 14.3. The van der Waals surface area contributed by atoms with Crippen LogP contribution in [0.15, 0.2) is 0 Å². The standard InChI is InChI=1S/C16H29NO6/c1-22-15(18)11-9-7-5-3-4-6-8-10-14(17(20)21)12-13-16(19)23-2/h14H,3-13H2,1-2H3. The lowest BCUT2D eigenvalue weighted by molar-refractivity contribution is -0.524. The fourth-order valence-corrected chi connectivity index (χ4v) is 2.38. The van der Waals surface area contributed by atoms with Crippen molar-refractivity contribution in [2.75, 3.05) is 14.2 Å². The van der Waals surface area contributed by atoms with Crippen LogP contribution in [0.4, 0.5) is 0 Å². The Morgan fingerprint density at radius 2 is 1.30 bits per heavy atom. The van der Waals surface area contributed by atoms with Crippen LogP contribution >= 0.6 is 0 Å². The number of carbonyl (C=O) groups is 2. The molecule has 0 bridgehead atoms. The highest BCUT2D eigenvalue weighted by Gasteiger charge is 2.20. The van der Waals surface area contributed by atoms with Crippen LogP contribution in [-0.4, -0.2) is 37.1 Å². The van der Waals surface area contributed by atoms with E-state index in [-0.39, 0.29) is 23.7 Å². The number of rotatable bonds is 14. The number of carbonyl (C=O) groups excluding carboxylic acids is 2. The Kier molecular flexibility index (Phi) is 13.0. The van der Waals surface area contributed by atoms with E-state index in [0.717, 1.165) is 44.9 Å². The Morgan fingerprint density at radius 1 is 0.826 bits per heavy atom. The number of hydrogen-bond donors (Lipinski definition) is 0. The molecule has 0 aromatic heterocycles. The van der Waals surface area contributed by atoms with Gasteiger partial charge >= 0.3 is 11.9 Å². The maximum absolute atomic E-state index is 11.0. The molecule has 0 spiro atoms. The molecule has 1 atom stereocenters. The molecule has 1 unspecified atom stereocenters. The first-order valence-electron chi connectivity index (χ1n) is 8.28. The number of nitrogens with zero attached hydrogens (tertiary/aromatic N) is 1. The normalized spacial score (nSPS) is 11.7. The Bertz CT molecular complexity index is 358.